The maximum absolute atomic E-state index is 13.7. The van der Waals surface area contributed by atoms with Crippen LogP contribution in [-0.4, -0.2) is 37.9 Å². The van der Waals surface area contributed by atoms with Gasteiger partial charge in [-0.15, -0.1) is 0 Å². The first-order chi connectivity index (χ1) is 16.9. The van der Waals surface area contributed by atoms with Gasteiger partial charge in [0.15, 0.2) is 5.76 Å². The number of benzene rings is 3. The van der Waals surface area contributed by atoms with Crippen LogP contribution in [0, 0.1) is 6.92 Å². The van der Waals surface area contributed by atoms with Crippen LogP contribution >= 0.6 is 0 Å². The fraction of sp³-hybridized carbons (Fsp3) is 0.172. The van der Waals surface area contributed by atoms with Gasteiger partial charge < -0.3 is 18.5 Å². The van der Waals surface area contributed by atoms with Crippen LogP contribution in [0.1, 0.15) is 21.7 Å². The smallest absolute Gasteiger partial charge is 0.336 e. The van der Waals surface area contributed by atoms with Gasteiger partial charge in [-0.2, -0.15) is 0 Å². The summed E-state index contributed by atoms with van der Waals surface area (Å²) in [4.78, 5) is 27.9. The van der Waals surface area contributed by atoms with Gasteiger partial charge >= 0.3 is 5.63 Å². The fourth-order valence-electron chi connectivity index (χ4n) is 4.18. The van der Waals surface area contributed by atoms with Crippen molar-refractivity contribution in [2.75, 3.05) is 27.2 Å². The van der Waals surface area contributed by atoms with Gasteiger partial charge in [-0.3, -0.25) is 4.79 Å². The molecule has 0 saturated heterocycles. The Morgan fingerprint density at radius 3 is 2.40 bits per heavy atom. The SMILES string of the molecule is Cc1cc(=O)oc2c1ccc1oc(C(=O)c3ccc(OCCN(C)C)cc3)c(-c3ccccc3)c12. The van der Waals surface area contributed by atoms with E-state index in [-0.39, 0.29) is 11.5 Å². The number of carbonyl (C=O) groups is 1. The summed E-state index contributed by atoms with van der Waals surface area (Å²) in [5.41, 5.74) is 3.14. The van der Waals surface area contributed by atoms with E-state index in [2.05, 4.69) is 0 Å². The maximum atomic E-state index is 13.7. The number of ketones is 1. The molecule has 0 saturated carbocycles. The minimum atomic E-state index is -0.444. The lowest BCUT2D eigenvalue weighted by atomic mass is 9.96. The average Bonchev–Trinajstić information content (AvgIpc) is 3.24. The van der Waals surface area contributed by atoms with Gasteiger partial charge in [-0.05, 0) is 68.5 Å². The van der Waals surface area contributed by atoms with Crippen LogP contribution in [0.4, 0.5) is 0 Å². The number of hydrogen-bond acceptors (Lipinski definition) is 6. The number of likely N-dealkylation sites (N-methyl/N-ethyl adjacent to an activating group) is 1. The van der Waals surface area contributed by atoms with Crippen LogP contribution in [0.25, 0.3) is 33.1 Å². The molecule has 0 bridgehead atoms. The van der Waals surface area contributed by atoms with Gasteiger partial charge in [0, 0.05) is 29.1 Å². The Bertz CT molecular complexity index is 1580. The quantitative estimate of drug-likeness (QED) is 0.226. The van der Waals surface area contributed by atoms with E-state index in [0.717, 1.165) is 23.1 Å². The summed E-state index contributed by atoms with van der Waals surface area (Å²) in [5, 5.41) is 1.41. The Balaban J connectivity index is 1.64. The molecule has 0 atom stereocenters. The Morgan fingerprint density at radius 1 is 0.943 bits per heavy atom. The first-order valence-corrected chi connectivity index (χ1v) is 11.4. The molecule has 2 heterocycles. The molecule has 0 aliphatic heterocycles. The molecule has 5 rings (SSSR count). The molecular formula is C29H25NO5. The van der Waals surface area contributed by atoms with Gasteiger partial charge in [0.05, 0.1) is 5.39 Å². The summed E-state index contributed by atoms with van der Waals surface area (Å²) in [7, 11) is 3.97. The lowest BCUT2D eigenvalue weighted by Crippen LogP contribution is -2.19. The number of rotatable bonds is 7. The lowest BCUT2D eigenvalue weighted by Gasteiger charge is -2.11. The van der Waals surface area contributed by atoms with Crippen LogP contribution in [0.3, 0.4) is 0 Å². The van der Waals surface area contributed by atoms with Crippen LogP contribution in [-0.2, 0) is 0 Å². The molecule has 0 spiro atoms. The highest BCUT2D eigenvalue weighted by atomic mass is 16.5. The van der Waals surface area contributed by atoms with Crippen LogP contribution in [0.5, 0.6) is 5.75 Å². The first kappa shape index (κ1) is 22.6. The highest BCUT2D eigenvalue weighted by Gasteiger charge is 2.26. The third-order valence-corrected chi connectivity index (χ3v) is 5.96. The Morgan fingerprint density at radius 2 is 1.69 bits per heavy atom. The van der Waals surface area contributed by atoms with Crippen molar-refractivity contribution in [2.24, 2.45) is 0 Å². The molecule has 0 N–H and O–H groups in total. The van der Waals surface area contributed by atoms with Crippen molar-refractivity contribution in [3.63, 3.8) is 0 Å². The summed E-state index contributed by atoms with van der Waals surface area (Å²) in [6, 6.07) is 21.7. The minimum Gasteiger partial charge on any atom is -0.492 e. The van der Waals surface area contributed by atoms with Crippen molar-refractivity contribution in [2.45, 2.75) is 6.92 Å². The second kappa shape index (κ2) is 9.24. The minimum absolute atomic E-state index is 0.198. The van der Waals surface area contributed by atoms with E-state index >= 15 is 0 Å². The van der Waals surface area contributed by atoms with Crippen molar-refractivity contribution in [1.82, 2.24) is 4.90 Å². The number of aryl methyl sites for hydroxylation is 1. The number of carbonyl (C=O) groups excluding carboxylic acids is 1. The normalized spacial score (nSPS) is 11.4. The molecule has 3 aromatic carbocycles. The van der Waals surface area contributed by atoms with E-state index in [1.165, 1.54) is 6.07 Å². The van der Waals surface area contributed by atoms with Gasteiger partial charge in [-0.25, -0.2) is 4.79 Å². The number of furan rings is 1. The molecular weight excluding hydrogens is 442 g/mol. The predicted molar refractivity (Wildman–Crippen MR) is 136 cm³/mol. The van der Waals surface area contributed by atoms with E-state index < -0.39 is 5.63 Å². The summed E-state index contributed by atoms with van der Waals surface area (Å²) in [6.07, 6.45) is 0. The van der Waals surface area contributed by atoms with Gasteiger partial charge in [-0.1, -0.05) is 30.3 Å². The summed E-state index contributed by atoms with van der Waals surface area (Å²) >= 11 is 0. The second-order valence-electron chi connectivity index (χ2n) is 8.74. The summed E-state index contributed by atoms with van der Waals surface area (Å²) in [6.45, 7) is 3.21. The first-order valence-electron chi connectivity index (χ1n) is 11.4. The monoisotopic (exact) mass is 467 g/mol. The van der Waals surface area contributed by atoms with E-state index in [9.17, 15) is 9.59 Å². The van der Waals surface area contributed by atoms with Crippen LogP contribution in [0.2, 0.25) is 0 Å². The Hall–Kier alpha value is -4.16. The second-order valence-corrected chi connectivity index (χ2v) is 8.74. The Kier molecular flexibility index (Phi) is 5.97. The lowest BCUT2D eigenvalue weighted by molar-refractivity contribution is 0.101. The van der Waals surface area contributed by atoms with Crippen molar-refractivity contribution < 1.29 is 18.4 Å². The van der Waals surface area contributed by atoms with Gasteiger partial charge in [0.1, 0.15) is 23.5 Å². The molecule has 0 radical (unpaired) electrons. The molecule has 2 aromatic heterocycles. The fourth-order valence-corrected chi connectivity index (χ4v) is 4.18. The zero-order valence-corrected chi connectivity index (χ0v) is 19.8. The average molecular weight is 468 g/mol. The molecule has 6 heteroatoms. The number of hydrogen-bond donors (Lipinski definition) is 0. The largest absolute Gasteiger partial charge is 0.492 e. The van der Waals surface area contributed by atoms with Gasteiger partial charge in [0.25, 0.3) is 0 Å². The van der Waals surface area contributed by atoms with E-state index in [4.69, 9.17) is 13.6 Å². The third kappa shape index (κ3) is 4.36. The van der Waals surface area contributed by atoms with E-state index in [1.807, 2.05) is 68.4 Å². The van der Waals surface area contributed by atoms with E-state index in [1.54, 1.807) is 24.3 Å². The number of fused-ring (bicyclic) bond motifs is 3. The van der Waals surface area contributed by atoms with E-state index in [0.29, 0.717) is 40.0 Å². The highest BCUT2D eigenvalue weighted by Crippen LogP contribution is 2.40. The zero-order chi connectivity index (χ0) is 24.5. The zero-order valence-electron chi connectivity index (χ0n) is 19.8. The molecule has 0 fully saturated rings. The van der Waals surface area contributed by atoms with Crippen molar-refractivity contribution in [3.05, 3.63) is 100 Å². The standard InChI is InChI=1S/C29H25NO5/c1-18-17-24(31)35-28-22(18)13-14-23-26(28)25(19-7-5-4-6-8-19)29(34-23)27(32)20-9-11-21(12-10-20)33-16-15-30(2)3/h4-14,17H,15-16H2,1-3H3. The molecule has 176 valence electrons. The van der Waals surface area contributed by atoms with Crippen molar-refractivity contribution in [3.8, 4) is 16.9 Å². The highest BCUT2D eigenvalue weighted by molar-refractivity contribution is 6.20. The van der Waals surface area contributed by atoms with Crippen LogP contribution < -0.4 is 10.4 Å². The third-order valence-electron chi connectivity index (χ3n) is 5.96. The van der Waals surface area contributed by atoms with Crippen molar-refractivity contribution >= 4 is 27.7 Å². The molecule has 0 amide bonds. The Labute approximate surface area is 202 Å². The predicted octanol–water partition coefficient (Wildman–Crippen LogP) is 5.69. The summed E-state index contributed by atoms with van der Waals surface area (Å²) < 4.78 is 17.5. The van der Waals surface area contributed by atoms with Gasteiger partial charge in [0.2, 0.25) is 5.78 Å². The number of ether oxygens (including phenoxy) is 1. The molecule has 35 heavy (non-hydrogen) atoms. The molecule has 0 aliphatic carbocycles. The summed E-state index contributed by atoms with van der Waals surface area (Å²) in [5.74, 6) is 0.631. The molecule has 5 aromatic rings. The van der Waals surface area contributed by atoms with Crippen LogP contribution in [0.15, 0.2) is 86.4 Å². The molecule has 0 unspecified atom stereocenters. The number of nitrogens with zero attached hydrogens (tertiary/aromatic N) is 1. The maximum Gasteiger partial charge on any atom is 0.336 e. The topological polar surface area (TPSA) is 72.9 Å². The molecule has 0 aliphatic rings. The molecule has 6 nitrogen and oxygen atoms in total. The van der Waals surface area contributed by atoms with Crippen molar-refractivity contribution in [1.29, 1.82) is 0 Å².